The van der Waals surface area contributed by atoms with Crippen LogP contribution in [0.15, 0.2) is 59.3 Å². The Hall–Kier alpha value is -2.99. The average Bonchev–Trinajstić information content (AvgIpc) is 3.22. The molecule has 0 saturated carbocycles. The maximum atomic E-state index is 13.4. The lowest BCUT2D eigenvalue weighted by atomic mass is 10.1. The Morgan fingerprint density at radius 1 is 0.958 bits per heavy atom. The monoisotopic (exact) mass is 326 g/mol. The first-order valence-electron chi connectivity index (χ1n) is 7.28. The zero-order valence-corrected chi connectivity index (χ0v) is 12.4. The van der Waals surface area contributed by atoms with Crippen molar-refractivity contribution in [2.45, 2.75) is 6.61 Å². The van der Waals surface area contributed by atoms with E-state index in [1.165, 1.54) is 6.07 Å². The highest BCUT2D eigenvalue weighted by molar-refractivity contribution is 5.65. The molecule has 3 heterocycles. The molecule has 24 heavy (non-hydrogen) atoms. The van der Waals surface area contributed by atoms with E-state index in [9.17, 15) is 8.78 Å². The first kappa shape index (κ1) is 14.6. The number of rotatable bonds is 3. The van der Waals surface area contributed by atoms with Gasteiger partial charge in [-0.05, 0) is 42.5 Å². The Morgan fingerprint density at radius 2 is 1.79 bits per heavy atom. The first-order valence-corrected chi connectivity index (χ1v) is 7.28. The molecule has 0 radical (unpaired) electrons. The maximum absolute atomic E-state index is 13.4. The van der Waals surface area contributed by atoms with Crippen LogP contribution >= 0.6 is 0 Å². The van der Waals surface area contributed by atoms with E-state index in [1.54, 1.807) is 28.8 Å². The third-order valence-electron chi connectivity index (χ3n) is 3.77. The van der Waals surface area contributed by atoms with Crippen LogP contribution in [0.5, 0.6) is 0 Å². The molecule has 0 unspecified atom stereocenters. The first-order chi connectivity index (χ1) is 11.6. The number of fused-ring (bicyclic) bond motifs is 1. The Labute approximate surface area is 135 Å². The van der Waals surface area contributed by atoms with Crippen LogP contribution in [0.1, 0.15) is 5.76 Å². The fraction of sp³-hybridized carbons (Fsp3) is 0.0556. The van der Waals surface area contributed by atoms with Gasteiger partial charge in [-0.25, -0.2) is 13.8 Å². The summed E-state index contributed by atoms with van der Waals surface area (Å²) in [5.41, 5.74) is 2.53. The van der Waals surface area contributed by atoms with Gasteiger partial charge in [0.1, 0.15) is 23.8 Å². The number of hydrogen-bond acceptors (Lipinski definition) is 3. The Morgan fingerprint density at radius 3 is 2.54 bits per heavy atom. The quantitative estimate of drug-likeness (QED) is 0.618. The van der Waals surface area contributed by atoms with Crippen molar-refractivity contribution in [2.75, 3.05) is 0 Å². The molecule has 0 aliphatic carbocycles. The minimum atomic E-state index is -0.905. The van der Waals surface area contributed by atoms with Gasteiger partial charge in [0.2, 0.25) is 0 Å². The summed E-state index contributed by atoms with van der Waals surface area (Å²) in [5.74, 6) is -0.679. The number of nitrogens with zero attached hydrogens (tertiary/aromatic N) is 2. The van der Waals surface area contributed by atoms with Crippen molar-refractivity contribution in [3.05, 3.63) is 72.3 Å². The lowest BCUT2D eigenvalue weighted by Crippen LogP contribution is -1.85. The van der Waals surface area contributed by atoms with Crippen molar-refractivity contribution in [1.82, 2.24) is 9.38 Å². The van der Waals surface area contributed by atoms with Gasteiger partial charge in [0.15, 0.2) is 11.6 Å². The number of aliphatic hydroxyl groups excluding tert-OH is 1. The summed E-state index contributed by atoms with van der Waals surface area (Å²) in [4.78, 5) is 4.41. The molecule has 0 amide bonds. The van der Waals surface area contributed by atoms with Gasteiger partial charge in [0.25, 0.3) is 0 Å². The molecule has 1 N–H and O–H groups in total. The van der Waals surface area contributed by atoms with E-state index in [2.05, 4.69) is 4.98 Å². The summed E-state index contributed by atoms with van der Waals surface area (Å²) in [6.07, 6.45) is 3.56. The summed E-state index contributed by atoms with van der Waals surface area (Å²) in [7, 11) is 0. The van der Waals surface area contributed by atoms with Gasteiger partial charge in [-0.1, -0.05) is 0 Å². The van der Waals surface area contributed by atoms with Gasteiger partial charge < -0.3 is 13.9 Å². The third kappa shape index (κ3) is 2.47. The van der Waals surface area contributed by atoms with Crippen LogP contribution in [0.3, 0.4) is 0 Å². The summed E-state index contributed by atoms with van der Waals surface area (Å²) >= 11 is 0. The van der Waals surface area contributed by atoms with E-state index < -0.39 is 11.6 Å². The molecule has 0 aliphatic rings. The molecule has 0 fully saturated rings. The Balaban J connectivity index is 1.76. The second-order valence-corrected chi connectivity index (χ2v) is 5.36. The number of hydrogen-bond donors (Lipinski definition) is 1. The highest BCUT2D eigenvalue weighted by Gasteiger charge is 2.10. The molecule has 0 atom stereocenters. The summed E-state index contributed by atoms with van der Waals surface area (Å²) < 4.78 is 33.8. The number of benzene rings is 1. The van der Waals surface area contributed by atoms with E-state index in [0.29, 0.717) is 28.4 Å². The van der Waals surface area contributed by atoms with Gasteiger partial charge in [-0.2, -0.15) is 0 Å². The van der Waals surface area contributed by atoms with Gasteiger partial charge >= 0.3 is 0 Å². The fourth-order valence-corrected chi connectivity index (χ4v) is 2.55. The fourth-order valence-electron chi connectivity index (χ4n) is 2.55. The second-order valence-electron chi connectivity index (χ2n) is 5.36. The van der Waals surface area contributed by atoms with E-state index >= 15 is 0 Å². The van der Waals surface area contributed by atoms with Crippen molar-refractivity contribution in [1.29, 1.82) is 0 Å². The van der Waals surface area contributed by atoms with E-state index in [4.69, 9.17) is 9.52 Å². The van der Waals surface area contributed by atoms with Crippen LogP contribution in [0.25, 0.3) is 28.2 Å². The smallest absolute Gasteiger partial charge is 0.159 e. The zero-order chi connectivity index (χ0) is 16.7. The van der Waals surface area contributed by atoms with Crippen LogP contribution < -0.4 is 0 Å². The third-order valence-corrected chi connectivity index (χ3v) is 3.77. The molecule has 120 valence electrons. The average molecular weight is 326 g/mol. The molecule has 4 aromatic rings. The van der Waals surface area contributed by atoms with Gasteiger partial charge in [-0.15, -0.1) is 0 Å². The Kier molecular flexibility index (Phi) is 3.39. The molecule has 1 aromatic carbocycles. The van der Waals surface area contributed by atoms with Crippen LogP contribution in [-0.2, 0) is 6.61 Å². The number of aliphatic hydroxyl groups is 1. The van der Waals surface area contributed by atoms with Crippen molar-refractivity contribution >= 4 is 5.65 Å². The number of halogens is 2. The number of imidazole rings is 1. The van der Waals surface area contributed by atoms with Crippen molar-refractivity contribution in [2.24, 2.45) is 0 Å². The molecule has 3 aromatic heterocycles. The standard InChI is InChI=1S/C18H12F2N2O2/c19-14-4-1-11(7-15(14)20)16-9-22-8-12(2-6-18(22)21-16)17-5-3-13(10-23)24-17/h1-9,23H,10H2. The number of furan rings is 1. The normalized spacial score (nSPS) is 11.3. The highest BCUT2D eigenvalue weighted by Crippen LogP contribution is 2.25. The maximum Gasteiger partial charge on any atom is 0.159 e. The molecular formula is C18H12F2N2O2. The van der Waals surface area contributed by atoms with Gasteiger partial charge in [0, 0.05) is 23.5 Å². The summed E-state index contributed by atoms with van der Waals surface area (Å²) in [6, 6.07) is 10.8. The largest absolute Gasteiger partial charge is 0.459 e. The van der Waals surface area contributed by atoms with E-state index in [-0.39, 0.29) is 6.61 Å². The molecule has 6 heteroatoms. The minimum absolute atomic E-state index is 0.159. The number of aromatic nitrogens is 2. The Bertz CT molecular complexity index is 1040. The lowest BCUT2D eigenvalue weighted by molar-refractivity contribution is 0.248. The lowest BCUT2D eigenvalue weighted by Gasteiger charge is -1.98. The van der Waals surface area contributed by atoms with Crippen molar-refractivity contribution in [3.63, 3.8) is 0 Å². The molecule has 4 rings (SSSR count). The van der Waals surface area contributed by atoms with Crippen LogP contribution in [-0.4, -0.2) is 14.5 Å². The molecular weight excluding hydrogens is 314 g/mol. The van der Waals surface area contributed by atoms with Crippen molar-refractivity contribution in [3.8, 4) is 22.6 Å². The van der Waals surface area contributed by atoms with E-state index in [0.717, 1.165) is 17.7 Å². The van der Waals surface area contributed by atoms with Crippen LogP contribution in [0.4, 0.5) is 8.78 Å². The predicted molar refractivity (Wildman–Crippen MR) is 84.2 cm³/mol. The van der Waals surface area contributed by atoms with Gasteiger partial charge in [-0.3, -0.25) is 0 Å². The van der Waals surface area contributed by atoms with Crippen molar-refractivity contribution < 1.29 is 18.3 Å². The van der Waals surface area contributed by atoms with Crippen LogP contribution in [0.2, 0.25) is 0 Å². The summed E-state index contributed by atoms with van der Waals surface area (Å²) in [6.45, 7) is -0.159. The van der Waals surface area contributed by atoms with Crippen LogP contribution in [0, 0.1) is 11.6 Å². The van der Waals surface area contributed by atoms with Gasteiger partial charge in [0.05, 0.1) is 5.69 Å². The zero-order valence-electron chi connectivity index (χ0n) is 12.4. The molecule has 4 nitrogen and oxygen atoms in total. The highest BCUT2D eigenvalue weighted by atomic mass is 19.2. The SMILES string of the molecule is OCc1ccc(-c2ccc3nc(-c4ccc(F)c(F)c4)cn3c2)o1. The predicted octanol–water partition coefficient (Wildman–Crippen LogP) is 4.03. The molecule has 0 bridgehead atoms. The molecule has 0 aliphatic heterocycles. The topological polar surface area (TPSA) is 50.7 Å². The minimum Gasteiger partial charge on any atom is -0.459 e. The van der Waals surface area contributed by atoms with E-state index in [1.807, 2.05) is 12.3 Å². The second kappa shape index (κ2) is 5.58. The number of pyridine rings is 1. The molecule has 0 spiro atoms. The molecule has 0 saturated heterocycles. The summed E-state index contributed by atoms with van der Waals surface area (Å²) in [5, 5.41) is 9.07.